The second kappa shape index (κ2) is 4.57. The van der Waals surface area contributed by atoms with E-state index in [1.165, 1.54) is 27.8 Å². The van der Waals surface area contributed by atoms with Gasteiger partial charge >= 0.3 is 0 Å². The first-order chi connectivity index (χ1) is 10.4. The monoisotopic (exact) mass is 271 g/mol. The van der Waals surface area contributed by atoms with E-state index in [9.17, 15) is 0 Å². The fraction of sp³-hybridized carbons (Fsp3) is 0.100. The van der Waals surface area contributed by atoms with Crippen molar-refractivity contribution >= 4 is 0 Å². The molecule has 0 atom stereocenters. The Balaban J connectivity index is 2.12. The Hall–Kier alpha value is -2.38. The van der Waals surface area contributed by atoms with Gasteiger partial charge in [-0.25, -0.2) is 0 Å². The van der Waals surface area contributed by atoms with Crippen LogP contribution in [0.1, 0.15) is 16.7 Å². The predicted molar refractivity (Wildman–Crippen MR) is 87.3 cm³/mol. The molecule has 0 spiro atoms. The van der Waals surface area contributed by atoms with Gasteiger partial charge in [0.25, 0.3) is 0 Å². The zero-order chi connectivity index (χ0) is 14.3. The molecule has 0 heterocycles. The van der Waals surface area contributed by atoms with Crippen LogP contribution in [0.5, 0.6) is 0 Å². The molecule has 1 aliphatic rings. The lowest BCUT2D eigenvalue weighted by Gasteiger charge is -2.32. The minimum absolute atomic E-state index is 0.256. The van der Waals surface area contributed by atoms with Gasteiger partial charge in [-0.1, -0.05) is 78.9 Å². The highest BCUT2D eigenvalue weighted by Crippen LogP contribution is 2.50. The van der Waals surface area contributed by atoms with Crippen molar-refractivity contribution in [1.29, 1.82) is 0 Å². The quantitative estimate of drug-likeness (QED) is 0.737. The zero-order valence-corrected chi connectivity index (χ0v) is 12.0. The van der Waals surface area contributed by atoms with Gasteiger partial charge in [0.15, 0.2) is 0 Å². The lowest BCUT2D eigenvalue weighted by molar-refractivity contribution is 0.538. The van der Waals surface area contributed by atoms with Crippen molar-refractivity contribution in [3.05, 3.63) is 95.6 Å². The molecule has 0 aromatic heterocycles. The van der Waals surface area contributed by atoms with Crippen molar-refractivity contribution in [2.24, 2.45) is 0 Å². The molecule has 0 amide bonds. The Kier molecular flexibility index (Phi) is 2.69. The van der Waals surface area contributed by atoms with Crippen LogP contribution in [-0.4, -0.2) is 7.05 Å². The van der Waals surface area contributed by atoms with Crippen molar-refractivity contribution in [3.8, 4) is 11.1 Å². The Morgan fingerprint density at radius 2 is 1.10 bits per heavy atom. The molecule has 0 aliphatic heterocycles. The SMILES string of the molecule is CNC1(c2ccccc2)c2ccccc2-c2ccccc21. The fourth-order valence-electron chi connectivity index (χ4n) is 3.65. The number of benzene rings is 3. The molecule has 0 radical (unpaired) electrons. The van der Waals surface area contributed by atoms with Gasteiger partial charge in [0.1, 0.15) is 0 Å². The van der Waals surface area contributed by atoms with Gasteiger partial charge in [0.05, 0.1) is 5.54 Å². The summed E-state index contributed by atoms with van der Waals surface area (Å²) in [6.45, 7) is 0. The molecular formula is C20H17N. The molecule has 21 heavy (non-hydrogen) atoms. The van der Waals surface area contributed by atoms with Gasteiger partial charge in [0.2, 0.25) is 0 Å². The Labute approximate surface area is 125 Å². The first kappa shape index (κ1) is 12.4. The number of fused-ring (bicyclic) bond motifs is 3. The van der Waals surface area contributed by atoms with Gasteiger partial charge in [-0.3, -0.25) is 0 Å². The fourth-order valence-corrected chi connectivity index (χ4v) is 3.65. The summed E-state index contributed by atoms with van der Waals surface area (Å²) in [4.78, 5) is 0. The number of rotatable bonds is 2. The summed E-state index contributed by atoms with van der Waals surface area (Å²) < 4.78 is 0. The lowest BCUT2D eigenvalue weighted by Crippen LogP contribution is -2.40. The lowest BCUT2D eigenvalue weighted by atomic mass is 9.81. The van der Waals surface area contributed by atoms with Crippen molar-refractivity contribution in [2.75, 3.05) is 7.05 Å². The van der Waals surface area contributed by atoms with Gasteiger partial charge in [-0.2, -0.15) is 0 Å². The van der Waals surface area contributed by atoms with Crippen LogP contribution in [0.25, 0.3) is 11.1 Å². The molecule has 1 heteroatoms. The van der Waals surface area contributed by atoms with Gasteiger partial charge in [-0.05, 0) is 34.9 Å². The maximum Gasteiger partial charge on any atom is 0.0957 e. The third-order valence-corrected chi connectivity index (χ3v) is 4.53. The van der Waals surface area contributed by atoms with Crippen LogP contribution in [0.15, 0.2) is 78.9 Å². The second-order valence-corrected chi connectivity index (χ2v) is 5.46. The molecular weight excluding hydrogens is 254 g/mol. The number of nitrogens with one attached hydrogen (secondary N) is 1. The molecule has 1 N–H and O–H groups in total. The molecule has 1 nitrogen and oxygen atoms in total. The minimum Gasteiger partial charge on any atom is -0.303 e. The van der Waals surface area contributed by atoms with E-state index in [2.05, 4.69) is 84.2 Å². The highest BCUT2D eigenvalue weighted by atomic mass is 15.0. The zero-order valence-electron chi connectivity index (χ0n) is 12.0. The molecule has 0 saturated heterocycles. The summed E-state index contributed by atoms with van der Waals surface area (Å²) >= 11 is 0. The van der Waals surface area contributed by atoms with Crippen LogP contribution in [-0.2, 0) is 5.54 Å². The van der Waals surface area contributed by atoms with Crippen molar-refractivity contribution in [3.63, 3.8) is 0 Å². The molecule has 102 valence electrons. The standard InChI is InChI=1S/C20H17N/c1-21-20(15-9-3-2-4-10-15)18-13-7-5-11-16(18)17-12-6-8-14-19(17)20/h2-14,21H,1H3. The highest BCUT2D eigenvalue weighted by Gasteiger charge is 2.42. The van der Waals surface area contributed by atoms with E-state index < -0.39 is 0 Å². The number of hydrogen-bond acceptors (Lipinski definition) is 1. The second-order valence-electron chi connectivity index (χ2n) is 5.46. The van der Waals surface area contributed by atoms with Gasteiger partial charge in [-0.15, -0.1) is 0 Å². The van der Waals surface area contributed by atoms with Crippen LogP contribution in [0.2, 0.25) is 0 Å². The van der Waals surface area contributed by atoms with E-state index in [1.54, 1.807) is 0 Å². The van der Waals surface area contributed by atoms with Gasteiger partial charge < -0.3 is 5.32 Å². The topological polar surface area (TPSA) is 12.0 Å². The van der Waals surface area contributed by atoms with Crippen molar-refractivity contribution < 1.29 is 0 Å². The predicted octanol–water partition coefficient (Wildman–Crippen LogP) is 4.18. The highest BCUT2D eigenvalue weighted by molar-refractivity contribution is 5.82. The first-order valence-electron chi connectivity index (χ1n) is 7.32. The average Bonchev–Trinajstić information content (AvgIpc) is 2.87. The molecule has 3 aromatic rings. The van der Waals surface area contributed by atoms with Crippen LogP contribution in [0, 0.1) is 0 Å². The van der Waals surface area contributed by atoms with Crippen LogP contribution < -0.4 is 5.32 Å². The third kappa shape index (κ3) is 1.55. The smallest absolute Gasteiger partial charge is 0.0957 e. The van der Waals surface area contributed by atoms with Crippen molar-refractivity contribution in [1.82, 2.24) is 5.32 Å². The summed E-state index contributed by atoms with van der Waals surface area (Å²) in [5, 5.41) is 3.61. The first-order valence-corrected chi connectivity index (χ1v) is 7.32. The summed E-state index contributed by atoms with van der Waals surface area (Å²) in [6.07, 6.45) is 0. The van der Waals surface area contributed by atoms with Gasteiger partial charge in [0, 0.05) is 0 Å². The molecule has 4 rings (SSSR count). The van der Waals surface area contributed by atoms with E-state index in [0.717, 1.165) is 0 Å². The van der Waals surface area contributed by atoms with Crippen LogP contribution >= 0.6 is 0 Å². The Morgan fingerprint density at radius 3 is 1.62 bits per heavy atom. The van der Waals surface area contributed by atoms with Crippen LogP contribution in [0.3, 0.4) is 0 Å². The maximum atomic E-state index is 3.61. The average molecular weight is 271 g/mol. The Bertz CT molecular complexity index is 744. The molecule has 0 unspecified atom stereocenters. The normalized spacial score (nSPS) is 14.5. The van der Waals surface area contributed by atoms with E-state index >= 15 is 0 Å². The minimum atomic E-state index is -0.256. The summed E-state index contributed by atoms with van der Waals surface area (Å²) in [5.74, 6) is 0. The summed E-state index contributed by atoms with van der Waals surface area (Å²) in [7, 11) is 2.05. The van der Waals surface area contributed by atoms with E-state index in [0.29, 0.717) is 0 Å². The summed E-state index contributed by atoms with van der Waals surface area (Å²) in [5.41, 5.74) is 6.34. The largest absolute Gasteiger partial charge is 0.303 e. The molecule has 1 aliphatic carbocycles. The molecule has 0 fully saturated rings. The van der Waals surface area contributed by atoms with Crippen LogP contribution in [0.4, 0.5) is 0 Å². The summed E-state index contributed by atoms with van der Waals surface area (Å²) in [6, 6.07) is 28.1. The third-order valence-electron chi connectivity index (χ3n) is 4.53. The Morgan fingerprint density at radius 1 is 0.619 bits per heavy atom. The van der Waals surface area contributed by atoms with Crippen molar-refractivity contribution in [2.45, 2.75) is 5.54 Å². The van der Waals surface area contributed by atoms with E-state index in [-0.39, 0.29) is 5.54 Å². The molecule has 0 bridgehead atoms. The molecule has 3 aromatic carbocycles. The van der Waals surface area contributed by atoms with E-state index in [1.807, 2.05) is 7.05 Å². The molecule has 0 saturated carbocycles. The number of hydrogen-bond donors (Lipinski definition) is 1. The van der Waals surface area contributed by atoms with E-state index in [4.69, 9.17) is 0 Å². The maximum absolute atomic E-state index is 3.61.